The zero-order chi connectivity index (χ0) is 18.4. The lowest BCUT2D eigenvalue weighted by Crippen LogP contribution is -2.23. The molecule has 2 aromatic rings. The summed E-state index contributed by atoms with van der Waals surface area (Å²) in [7, 11) is 1.59. The van der Waals surface area contributed by atoms with Crippen LogP contribution in [0.1, 0.15) is 18.1 Å². The smallest absolute Gasteiger partial charge is 0.175 e. The molecule has 0 spiro atoms. The molecule has 136 valence electrons. The van der Waals surface area contributed by atoms with Gasteiger partial charge < -0.3 is 19.9 Å². The predicted molar refractivity (Wildman–Crippen MR) is 105 cm³/mol. The minimum absolute atomic E-state index is 0.296. The lowest BCUT2D eigenvalue weighted by atomic mass is 10.2. The SMILES string of the molecule is COc1cc(CNC[C@H](C)O)cc(Br)c1OCc1ccc(Cl)cc1Cl. The molecule has 0 aliphatic rings. The first-order chi connectivity index (χ1) is 11.9. The highest BCUT2D eigenvalue weighted by Gasteiger charge is 2.13. The Balaban J connectivity index is 2.11. The summed E-state index contributed by atoms with van der Waals surface area (Å²) >= 11 is 15.6. The first-order valence-electron chi connectivity index (χ1n) is 7.72. The molecule has 4 nitrogen and oxygen atoms in total. The number of methoxy groups -OCH3 is 1. The normalized spacial score (nSPS) is 12.1. The van der Waals surface area contributed by atoms with Crippen LogP contribution in [0.2, 0.25) is 10.0 Å². The van der Waals surface area contributed by atoms with E-state index in [0.29, 0.717) is 41.2 Å². The Morgan fingerprint density at radius 2 is 2.00 bits per heavy atom. The van der Waals surface area contributed by atoms with Crippen LogP contribution in [-0.4, -0.2) is 24.9 Å². The first kappa shape index (κ1) is 20.3. The third-order valence-corrected chi connectivity index (χ3v) is 4.62. The molecule has 0 heterocycles. The van der Waals surface area contributed by atoms with Gasteiger partial charge in [0.05, 0.1) is 17.7 Å². The van der Waals surface area contributed by atoms with Gasteiger partial charge in [-0.25, -0.2) is 0 Å². The highest BCUT2D eigenvalue weighted by atomic mass is 79.9. The van der Waals surface area contributed by atoms with E-state index in [1.807, 2.05) is 18.2 Å². The third-order valence-electron chi connectivity index (χ3n) is 3.45. The number of benzene rings is 2. The molecule has 0 bridgehead atoms. The monoisotopic (exact) mass is 447 g/mol. The summed E-state index contributed by atoms with van der Waals surface area (Å²) in [4.78, 5) is 0. The standard InChI is InChI=1S/C18H20BrCl2NO3/c1-11(23)8-22-9-12-5-15(19)18(17(6-12)24-2)25-10-13-3-4-14(20)7-16(13)21/h3-7,11,22-23H,8-10H2,1-2H3/t11-/m0/s1. The van der Waals surface area contributed by atoms with E-state index in [0.717, 1.165) is 15.6 Å². The molecule has 0 aliphatic carbocycles. The van der Waals surface area contributed by atoms with Crippen molar-refractivity contribution in [2.45, 2.75) is 26.2 Å². The summed E-state index contributed by atoms with van der Waals surface area (Å²) < 4.78 is 12.1. The van der Waals surface area contributed by atoms with E-state index < -0.39 is 6.10 Å². The second-order valence-corrected chi connectivity index (χ2v) is 7.31. The molecule has 2 aromatic carbocycles. The van der Waals surface area contributed by atoms with Crippen LogP contribution in [-0.2, 0) is 13.2 Å². The van der Waals surface area contributed by atoms with Crippen LogP contribution in [0.15, 0.2) is 34.8 Å². The van der Waals surface area contributed by atoms with Crippen LogP contribution in [0.25, 0.3) is 0 Å². The van der Waals surface area contributed by atoms with Gasteiger partial charge in [-0.05, 0) is 52.7 Å². The summed E-state index contributed by atoms with van der Waals surface area (Å²) in [5.41, 5.74) is 1.85. The Labute approximate surface area is 166 Å². The van der Waals surface area contributed by atoms with Crippen LogP contribution in [0.3, 0.4) is 0 Å². The number of halogens is 3. The van der Waals surface area contributed by atoms with Gasteiger partial charge in [0.25, 0.3) is 0 Å². The maximum absolute atomic E-state index is 9.31. The first-order valence-corrected chi connectivity index (χ1v) is 9.27. The van der Waals surface area contributed by atoms with Crippen LogP contribution in [0.4, 0.5) is 0 Å². The molecule has 7 heteroatoms. The summed E-state index contributed by atoms with van der Waals surface area (Å²) in [6.45, 7) is 3.17. The van der Waals surface area contributed by atoms with E-state index in [1.54, 1.807) is 26.2 Å². The van der Waals surface area contributed by atoms with Crippen molar-refractivity contribution in [2.24, 2.45) is 0 Å². The van der Waals surface area contributed by atoms with Crippen molar-refractivity contribution in [1.29, 1.82) is 0 Å². The average molecular weight is 449 g/mol. The number of ether oxygens (including phenoxy) is 2. The van der Waals surface area contributed by atoms with E-state index in [4.69, 9.17) is 32.7 Å². The highest BCUT2D eigenvalue weighted by molar-refractivity contribution is 9.10. The molecule has 0 amide bonds. The van der Waals surface area contributed by atoms with E-state index >= 15 is 0 Å². The van der Waals surface area contributed by atoms with Crippen LogP contribution in [0, 0.1) is 0 Å². The fourth-order valence-electron chi connectivity index (χ4n) is 2.23. The van der Waals surface area contributed by atoms with Crippen LogP contribution >= 0.6 is 39.1 Å². The van der Waals surface area contributed by atoms with Gasteiger partial charge in [0.15, 0.2) is 11.5 Å². The molecule has 2 rings (SSSR count). The van der Waals surface area contributed by atoms with Gasteiger partial charge >= 0.3 is 0 Å². The summed E-state index contributed by atoms with van der Waals surface area (Å²) in [5, 5.41) is 13.6. The maximum atomic E-state index is 9.31. The van der Waals surface area contributed by atoms with Crippen molar-refractivity contribution >= 4 is 39.1 Å². The van der Waals surface area contributed by atoms with Gasteiger partial charge in [-0.1, -0.05) is 29.3 Å². The summed E-state index contributed by atoms with van der Waals surface area (Å²) in [5.74, 6) is 1.22. The molecule has 0 saturated carbocycles. The Bertz CT molecular complexity index is 726. The van der Waals surface area contributed by atoms with E-state index in [2.05, 4.69) is 21.2 Å². The highest BCUT2D eigenvalue weighted by Crippen LogP contribution is 2.37. The van der Waals surface area contributed by atoms with Crippen molar-refractivity contribution in [3.8, 4) is 11.5 Å². The Morgan fingerprint density at radius 1 is 1.24 bits per heavy atom. The van der Waals surface area contributed by atoms with Crippen LogP contribution < -0.4 is 14.8 Å². The Morgan fingerprint density at radius 3 is 2.64 bits per heavy atom. The number of aliphatic hydroxyl groups is 1. The minimum Gasteiger partial charge on any atom is -0.493 e. The molecule has 0 aliphatic heterocycles. The number of nitrogens with one attached hydrogen (secondary N) is 1. The molecule has 2 N–H and O–H groups in total. The number of hydrogen-bond acceptors (Lipinski definition) is 4. The molecule has 25 heavy (non-hydrogen) atoms. The molecule has 0 fully saturated rings. The molecule has 1 atom stereocenters. The Hall–Kier alpha value is -0.980. The maximum Gasteiger partial charge on any atom is 0.175 e. The van der Waals surface area contributed by atoms with Crippen molar-refractivity contribution in [2.75, 3.05) is 13.7 Å². The molecule has 0 aromatic heterocycles. The molecular weight excluding hydrogens is 429 g/mol. The molecule has 0 saturated heterocycles. The van der Waals surface area contributed by atoms with Gasteiger partial charge in [0, 0.05) is 28.7 Å². The zero-order valence-corrected chi connectivity index (χ0v) is 17.1. The van der Waals surface area contributed by atoms with E-state index in [9.17, 15) is 5.11 Å². The lowest BCUT2D eigenvalue weighted by molar-refractivity contribution is 0.191. The van der Waals surface area contributed by atoms with Crippen molar-refractivity contribution < 1.29 is 14.6 Å². The third kappa shape index (κ3) is 6.04. The van der Waals surface area contributed by atoms with Gasteiger partial charge in [-0.2, -0.15) is 0 Å². The molecule has 0 unspecified atom stereocenters. The van der Waals surface area contributed by atoms with Crippen molar-refractivity contribution in [3.05, 3.63) is 56.0 Å². The Kier molecular flexibility index (Phi) is 7.84. The lowest BCUT2D eigenvalue weighted by Gasteiger charge is -2.15. The quantitative estimate of drug-likeness (QED) is 0.608. The number of aliphatic hydroxyl groups excluding tert-OH is 1. The molecular formula is C18H20BrCl2NO3. The number of hydrogen-bond donors (Lipinski definition) is 2. The minimum atomic E-state index is -0.392. The van der Waals surface area contributed by atoms with E-state index in [-0.39, 0.29) is 0 Å². The van der Waals surface area contributed by atoms with Gasteiger partial charge in [0.2, 0.25) is 0 Å². The topological polar surface area (TPSA) is 50.7 Å². The fourth-order valence-corrected chi connectivity index (χ4v) is 3.30. The largest absolute Gasteiger partial charge is 0.493 e. The number of rotatable bonds is 8. The van der Waals surface area contributed by atoms with Crippen molar-refractivity contribution in [3.63, 3.8) is 0 Å². The average Bonchev–Trinajstić information content (AvgIpc) is 2.54. The van der Waals surface area contributed by atoms with Gasteiger partial charge in [-0.3, -0.25) is 0 Å². The van der Waals surface area contributed by atoms with Crippen LogP contribution in [0.5, 0.6) is 11.5 Å². The second-order valence-electron chi connectivity index (χ2n) is 5.61. The summed E-state index contributed by atoms with van der Waals surface area (Å²) in [6.07, 6.45) is -0.392. The summed E-state index contributed by atoms with van der Waals surface area (Å²) in [6, 6.07) is 9.15. The molecule has 0 radical (unpaired) electrons. The predicted octanol–water partition coefficient (Wildman–Crippen LogP) is 4.81. The second kappa shape index (κ2) is 9.64. The van der Waals surface area contributed by atoms with Gasteiger partial charge in [-0.15, -0.1) is 0 Å². The zero-order valence-electron chi connectivity index (χ0n) is 14.0. The van der Waals surface area contributed by atoms with Crippen molar-refractivity contribution in [1.82, 2.24) is 5.32 Å². The van der Waals surface area contributed by atoms with E-state index in [1.165, 1.54) is 0 Å². The fraction of sp³-hybridized carbons (Fsp3) is 0.333. The van der Waals surface area contributed by atoms with Gasteiger partial charge in [0.1, 0.15) is 6.61 Å².